The Hall–Kier alpha value is -1.12. The van der Waals surface area contributed by atoms with Gasteiger partial charge in [-0.2, -0.15) is 0 Å². The van der Waals surface area contributed by atoms with Crippen molar-refractivity contribution in [1.29, 1.82) is 0 Å². The van der Waals surface area contributed by atoms with Crippen LogP contribution in [-0.4, -0.2) is 25.9 Å². The van der Waals surface area contributed by atoms with Crippen LogP contribution in [0.15, 0.2) is 30.3 Å². The molecule has 4 nitrogen and oxygen atoms in total. The maximum atomic E-state index is 11.8. The fraction of sp³-hybridized carbons (Fsp3) is 0.364. The highest BCUT2D eigenvalue weighted by molar-refractivity contribution is 7.59. The van der Waals surface area contributed by atoms with E-state index < -0.39 is 13.3 Å². The molecule has 0 saturated heterocycles. The van der Waals surface area contributed by atoms with E-state index in [0.717, 1.165) is 5.56 Å². The molecule has 0 heterocycles. The van der Waals surface area contributed by atoms with E-state index in [1.54, 1.807) is 0 Å². The molecule has 1 unspecified atom stereocenters. The highest BCUT2D eigenvalue weighted by Gasteiger charge is 2.21. The van der Waals surface area contributed by atoms with Crippen molar-refractivity contribution in [1.82, 2.24) is 0 Å². The predicted octanol–water partition coefficient (Wildman–Crippen LogP) is 2.28. The molecule has 0 aliphatic carbocycles. The van der Waals surface area contributed by atoms with E-state index in [1.165, 1.54) is 13.8 Å². The van der Waals surface area contributed by atoms with Crippen molar-refractivity contribution in [3.63, 3.8) is 0 Å². The molecule has 0 bridgehead atoms. The second kappa shape index (κ2) is 5.83. The summed E-state index contributed by atoms with van der Waals surface area (Å²) < 4.78 is 21.5. The van der Waals surface area contributed by atoms with Gasteiger partial charge >= 0.3 is 5.97 Å². The van der Waals surface area contributed by atoms with Gasteiger partial charge in [0.2, 0.25) is 7.37 Å². The Kier molecular flexibility index (Phi) is 4.71. The SMILES string of the molecule is COC(=O)CP(C)(=O)OCc1ccccc1. The number of hydrogen-bond acceptors (Lipinski definition) is 4. The van der Waals surface area contributed by atoms with E-state index in [9.17, 15) is 9.36 Å². The van der Waals surface area contributed by atoms with Crippen molar-refractivity contribution in [3.8, 4) is 0 Å². The molecule has 0 N–H and O–H groups in total. The third-order valence-corrected chi connectivity index (χ3v) is 3.50. The van der Waals surface area contributed by atoms with Gasteiger partial charge in [-0.15, -0.1) is 0 Å². The number of carbonyl (C=O) groups is 1. The van der Waals surface area contributed by atoms with Gasteiger partial charge < -0.3 is 9.26 Å². The van der Waals surface area contributed by atoms with Crippen LogP contribution in [0.5, 0.6) is 0 Å². The smallest absolute Gasteiger partial charge is 0.315 e. The van der Waals surface area contributed by atoms with Crippen molar-refractivity contribution in [2.24, 2.45) is 0 Å². The second-order valence-electron chi connectivity index (χ2n) is 3.51. The van der Waals surface area contributed by atoms with Crippen molar-refractivity contribution < 1.29 is 18.6 Å². The Morgan fingerprint density at radius 1 is 1.31 bits per heavy atom. The predicted molar refractivity (Wildman–Crippen MR) is 61.6 cm³/mol. The number of hydrogen-bond donors (Lipinski definition) is 0. The number of esters is 1. The molecule has 0 aromatic heterocycles. The Balaban J connectivity index is 2.48. The molecule has 16 heavy (non-hydrogen) atoms. The van der Waals surface area contributed by atoms with Crippen LogP contribution < -0.4 is 0 Å². The Morgan fingerprint density at radius 3 is 2.50 bits per heavy atom. The van der Waals surface area contributed by atoms with Crippen LogP contribution in [0, 0.1) is 0 Å². The second-order valence-corrected chi connectivity index (χ2v) is 6.11. The molecule has 0 radical (unpaired) electrons. The van der Waals surface area contributed by atoms with E-state index in [-0.39, 0.29) is 12.8 Å². The van der Waals surface area contributed by atoms with Crippen molar-refractivity contribution in [2.75, 3.05) is 19.9 Å². The van der Waals surface area contributed by atoms with Crippen molar-refractivity contribution in [2.45, 2.75) is 6.61 Å². The number of benzene rings is 1. The molecule has 0 spiro atoms. The summed E-state index contributed by atoms with van der Waals surface area (Å²) in [5.41, 5.74) is 0.925. The van der Waals surface area contributed by atoms with Gasteiger partial charge in [0.1, 0.15) is 6.16 Å². The van der Waals surface area contributed by atoms with E-state index >= 15 is 0 Å². The number of ether oxygens (including phenoxy) is 1. The number of carbonyl (C=O) groups excluding carboxylic acids is 1. The Labute approximate surface area is 95.0 Å². The third kappa shape index (κ3) is 4.60. The van der Waals surface area contributed by atoms with E-state index in [0.29, 0.717) is 0 Å². The fourth-order valence-electron chi connectivity index (χ4n) is 1.13. The molecular formula is C11H15O4P. The summed E-state index contributed by atoms with van der Waals surface area (Å²) in [4.78, 5) is 11.0. The molecule has 88 valence electrons. The van der Waals surface area contributed by atoms with Gasteiger partial charge in [0.25, 0.3) is 0 Å². The van der Waals surface area contributed by atoms with Crippen LogP contribution in [0.4, 0.5) is 0 Å². The summed E-state index contributed by atoms with van der Waals surface area (Å²) in [6.07, 6.45) is -0.184. The third-order valence-electron chi connectivity index (χ3n) is 1.99. The van der Waals surface area contributed by atoms with E-state index in [4.69, 9.17) is 4.52 Å². The summed E-state index contributed by atoms with van der Waals surface area (Å²) in [6.45, 7) is 1.68. The van der Waals surface area contributed by atoms with Gasteiger partial charge in [-0.05, 0) is 5.56 Å². The van der Waals surface area contributed by atoms with Crippen LogP contribution in [0.1, 0.15) is 5.56 Å². The highest BCUT2D eigenvalue weighted by Crippen LogP contribution is 2.43. The molecule has 0 aliphatic heterocycles. The average molecular weight is 242 g/mol. The van der Waals surface area contributed by atoms with Crippen molar-refractivity contribution in [3.05, 3.63) is 35.9 Å². The first-order valence-corrected chi connectivity index (χ1v) is 7.11. The lowest BCUT2D eigenvalue weighted by atomic mass is 10.2. The van der Waals surface area contributed by atoms with Crippen LogP contribution in [-0.2, 0) is 25.2 Å². The maximum Gasteiger partial charge on any atom is 0.315 e. The Morgan fingerprint density at radius 2 is 1.94 bits per heavy atom. The first-order chi connectivity index (χ1) is 7.53. The lowest BCUT2D eigenvalue weighted by molar-refractivity contribution is -0.137. The molecule has 1 aromatic carbocycles. The minimum Gasteiger partial charge on any atom is -0.469 e. The first kappa shape index (κ1) is 12.9. The largest absolute Gasteiger partial charge is 0.469 e. The standard InChI is InChI=1S/C11H15O4P/c1-14-11(12)9-16(2,13)15-8-10-6-4-3-5-7-10/h3-7H,8-9H2,1-2H3. The van der Waals surface area contributed by atoms with Gasteiger partial charge in [-0.1, -0.05) is 30.3 Å². The van der Waals surface area contributed by atoms with Gasteiger partial charge in [0, 0.05) is 6.66 Å². The molecule has 1 atom stereocenters. The topological polar surface area (TPSA) is 52.6 Å². The Bertz CT molecular complexity index is 388. The maximum absolute atomic E-state index is 11.8. The van der Waals surface area contributed by atoms with Gasteiger partial charge in [-0.25, -0.2) is 0 Å². The number of methoxy groups -OCH3 is 1. The quantitative estimate of drug-likeness (QED) is 0.587. The monoisotopic (exact) mass is 242 g/mol. The summed E-state index contributed by atoms with van der Waals surface area (Å²) >= 11 is 0. The molecule has 0 fully saturated rings. The summed E-state index contributed by atoms with van der Waals surface area (Å²) in [6, 6.07) is 9.39. The normalized spacial score (nSPS) is 14.1. The summed E-state index contributed by atoms with van der Waals surface area (Å²) in [5.74, 6) is -0.515. The molecule has 0 saturated carbocycles. The summed E-state index contributed by atoms with van der Waals surface area (Å²) in [5, 5.41) is 0. The molecular weight excluding hydrogens is 227 g/mol. The van der Waals surface area contributed by atoms with E-state index in [1.807, 2.05) is 30.3 Å². The lowest BCUT2D eigenvalue weighted by Gasteiger charge is -2.12. The van der Waals surface area contributed by atoms with Gasteiger partial charge in [-0.3, -0.25) is 9.36 Å². The fourth-order valence-corrected chi connectivity index (χ4v) is 2.24. The average Bonchev–Trinajstić information content (AvgIpc) is 2.27. The minimum atomic E-state index is -2.91. The van der Waals surface area contributed by atoms with Crippen molar-refractivity contribution >= 4 is 13.3 Å². The van der Waals surface area contributed by atoms with Crippen LogP contribution >= 0.6 is 7.37 Å². The highest BCUT2D eigenvalue weighted by atomic mass is 31.2. The molecule has 0 aliphatic rings. The first-order valence-electron chi connectivity index (χ1n) is 4.85. The molecule has 1 rings (SSSR count). The van der Waals surface area contributed by atoms with Gasteiger partial charge in [0.05, 0.1) is 13.7 Å². The van der Waals surface area contributed by atoms with E-state index in [2.05, 4.69) is 4.74 Å². The summed E-state index contributed by atoms with van der Waals surface area (Å²) in [7, 11) is -1.64. The van der Waals surface area contributed by atoms with Gasteiger partial charge in [0.15, 0.2) is 0 Å². The molecule has 5 heteroatoms. The van der Waals surface area contributed by atoms with Crippen LogP contribution in [0.2, 0.25) is 0 Å². The lowest BCUT2D eigenvalue weighted by Crippen LogP contribution is -2.08. The molecule has 0 amide bonds. The zero-order chi connectivity index (χ0) is 12.0. The van der Waals surface area contributed by atoms with Crippen LogP contribution in [0.25, 0.3) is 0 Å². The zero-order valence-electron chi connectivity index (χ0n) is 9.38. The molecule has 1 aromatic rings. The minimum absolute atomic E-state index is 0.184. The zero-order valence-corrected chi connectivity index (χ0v) is 10.3. The van der Waals surface area contributed by atoms with Crippen LogP contribution in [0.3, 0.4) is 0 Å². The number of rotatable bonds is 5.